The lowest BCUT2D eigenvalue weighted by atomic mass is 9.47. The molecule has 1 saturated carbocycles. The van der Waals surface area contributed by atoms with Crippen LogP contribution in [0.25, 0.3) is 0 Å². The van der Waals surface area contributed by atoms with Gasteiger partial charge in [0.1, 0.15) is 6.10 Å². The fourth-order valence-corrected chi connectivity index (χ4v) is 7.65. The number of phenolic OH excluding ortho intramolecular Hbond substituents is 1. The Kier molecular flexibility index (Phi) is 5.57. The highest BCUT2D eigenvalue weighted by molar-refractivity contribution is 5.94. The molecule has 2 aliphatic heterocycles. The van der Waals surface area contributed by atoms with Gasteiger partial charge in [-0.25, -0.2) is 0 Å². The summed E-state index contributed by atoms with van der Waals surface area (Å²) >= 11 is 0. The predicted molar refractivity (Wildman–Crippen MR) is 141 cm³/mol. The SMILES string of the molecule is C=CCN1C(C#N)C[C@]23c4c5ccc(O)c4O[C@H]2[C@H](N(C)C(=O)C#Cc2cccc(C)c2)CC[C@@]3(O)[C@H]1C5. The highest BCUT2D eigenvalue weighted by Crippen LogP contribution is 2.66. The molecule has 2 fully saturated rings. The van der Waals surface area contributed by atoms with E-state index in [0.717, 1.165) is 22.3 Å². The van der Waals surface area contributed by atoms with Crippen LogP contribution in [0.1, 0.15) is 41.5 Å². The molecule has 1 spiro atoms. The van der Waals surface area contributed by atoms with Gasteiger partial charge in [0.15, 0.2) is 11.5 Å². The first-order chi connectivity index (χ1) is 18.2. The molecule has 0 radical (unpaired) electrons. The van der Waals surface area contributed by atoms with E-state index in [4.69, 9.17) is 4.74 Å². The summed E-state index contributed by atoms with van der Waals surface area (Å²) in [5, 5.41) is 33.6. The number of piperidine rings is 1. The number of ether oxygens (including phenoxy) is 1. The standard InChI is InChI=1S/C31H31N3O4/c1-4-14-34-22(18-32)17-30-27-21-9-10-24(35)28(27)38-29(30)23(12-13-31(30,37)25(34)16-21)33(3)26(36)11-8-20-7-5-6-19(2)15-20/h4-7,9-10,15,22-23,25,29,35,37H,1,12-14,16-17H2,2-3H3/t22?,23-,25-,29+,30+,31-/m1/s1. The zero-order chi connectivity index (χ0) is 26.8. The van der Waals surface area contributed by atoms with Crippen molar-refractivity contribution in [2.75, 3.05) is 13.6 Å². The van der Waals surface area contributed by atoms with E-state index in [1.165, 1.54) is 0 Å². The van der Waals surface area contributed by atoms with Gasteiger partial charge in [-0.3, -0.25) is 9.69 Å². The van der Waals surface area contributed by atoms with Crippen LogP contribution in [0.2, 0.25) is 0 Å². The summed E-state index contributed by atoms with van der Waals surface area (Å²) in [6.07, 6.45) is 2.98. The molecular weight excluding hydrogens is 478 g/mol. The Morgan fingerprint density at radius 2 is 2.18 bits per heavy atom. The normalized spacial score (nSPS) is 32.2. The molecule has 6 atom stereocenters. The van der Waals surface area contributed by atoms with Crippen LogP contribution in [-0.4, -0.2) is 69.3 Å². The van der Waals surface area contributed by atoms with E-state index >= 15 is 0 Å². The first-order valence-corrected chi connectivity index (χ1v) is 13.1. The van der Waals surface area contributed by atoms with Crippen molar-refractivity contribution >= 4 is 5.91 Å². The molecule has 2 aromatic carbocycles. The van der Waals surface area contributed by atoms with Crippen LogP contribution < -0.4 is 4.74 Å². The molecule has 2 aliphatic carbocycles. The number of phenols is 1. The van der Waals surface area contributed by atoms with Crippen molar-refractivity contribution in [2.24, 2.45) is 0 Å². The number of likely N-dealkylation sites (N-methyl/N-ethyl adjacent to an activating group) is 1. The van der Waals surface area contributed by atoms with Gasteiger partial charge in [-0.15, -0.1) is 6.58 Å². The Morgan fingerprint density at radius 3 is 2.92 bits per heavy atom. The minimum absolute atomic E-state index is 0.0160. The Bertz CT molecular complexity index is 1450. The van der Waals surface area contributed by atoms with Crippen molar-refractivity contribution in [3.8, 4) is 29.4 Å². The van der Waals surface area contributed by atoms with Gasteiger partial charge in [0.05, 0.1) is 29.2 Å². The van der Waals surface area contributed by atoms with Gasteiger partial charge < -0.3 is 19.8 Å². The second kappa shape index (κ2) is 8.63. The van der Waals surface area contributed by atoms with E-state index in [1.807, 2.05) is 37.3 Å². The van der Waals surface area contributed by atoms with E-state index in [2.05, 4.69) is 29.4 Å². The van der Waals surface area contributed by atoms with Crippen molar-refractivity contribution < 1.29 is 19.7 Å². The van der Waals surface area contributed by atoms with Crippen molar-refractivity contribution in [3.63, 3.8) is 0 Å². The van der Waals surface area contributed by atoms with E-state index in [1.54, 1.807) is 24.1 Å². The molecule has 7 heteroatoms. The summed E-state index contributed by atoms with van der Waals surface area (Å²) < 4.78 is 6.52. The summed E-state index contributed by atoms with van der Waals surface area (Å²) in [4.78, 5) is 17.0. The van der Waals surface area contributed by atoms with Gasteiger partial charge in [-0.05, 0) is 61.9 Å². The molecule has 6 rings (SSSR count). The number of benzene rings is 2. The summed E-state index contributed by atoms with van der Waals surface area (Å²) in [6, 6.07) is 12.5. The topological polar surface area (TPSA) is 97.0 Å². The average molecular weight is 510 g/mol. The summed E-state index contributed by atoms with van der Waals surface area (Å²) in [6.45, 7) is 6.36. The zero-order valence-corrected chi connectivity index (χ0v) is 21.6. The van der Waals surface area contributed by atoms with Crippen molar-refractivity contribution in [1.29, 1.82) is 5.26 Å². The van der Waals surface area contributed by atoms with Crippen molar-refractivity contribution in [1.82, 2.24) is 9.80 Å². The minimum atomic E-state index is -1.19. The molecule has 4 aliphatic rings. The van der Waals surface area contributed by atoms with Crippen LogP contribution in [0.4, 0.5) is 0 Å². The second-order valence-electron chi connectivity index (χ2n) is 11.1. The monoisotopic (exact) mass is 509 g/mol. The fraction of sp³-hybridized carbons (Fsp3) is 0.419. The van der Waals surface area contributed by atoms with Crippen LogP contribution in [0.5, 0.6) is 11.5 Å². The number of amides is 1. The van der Waals surface area contributed by atoms with Crippen LogP contribution in [0, 0.1) is 30.1 Å². The molecule has 1 amide bonds. The predicted octanol–water partition coefficient (Wildman–Crippen LogP) is 2.81. The molecule has 2 aromatic rings. The molecule has 1 saturated heterocycles. The van der Waals surface area contributed by atoms with Gasteiger partial charge in [-0.1, -0.05) is 30.2 Å². The van der Waals surface area contributed by atoms with Gasteiger partial charge in [0.2, 0.25) is 0 Å². The Hall–Kier alpha value is -3.78. The Morgan fingerprint density at radius 1 is 1.37 bits per heavy atom. The van der Waals surface area contributed by atoms with E-state index in [0.29, 0.717) is 38.0 Å². The van der Waals surface area contributed by atoms with E-state index in [9.17, 15) is 20.3 Å². The van der Waals surface area contributed by atoms with Crippen LogP contribution in [0.3, 0.4) is 0 Å². The first kappa shape index (κ1) is 24.6. The van der Waals surface area contributed by atoms with E-state index in [-0.39, 0.29) is 17.7 Å². The maximum atomic E-state index is 13.3. The lowest BCUT2D eigenvalue weighted by Gasteiger charge is -2.65. The van der Waals surface area contributed by atoms with Gasteiger partial charge in [-0.2, -0.15) is 5.26 Å². The molecule has 0 aromatic heterocycles. The third-order valence-electron chi connectivity index (χ3n) is 9.26. The van der Waals surface area contributed by atoms with Crippen LogP contribution in [-0.2, 0) is 16.6 Å². The zero-order valence-electron chi connectivity index (χ0n) is 21.6. The highest BCUT2D eigenvalue weighted by atomic mass is 16.5. The summed E-state index contributed by atoms with van der Waals surface area (Å²) in [7, 11) is 1.72. The number of likely N-dealkylation sites (tertiary alicyclic amines) is 1. The first-order valence-electron chi connectivity index (χ1n) is 13.1. The number of aryl methyl sites for hydroxylation is 1. The molecule has 7 nitrogen and oxygen atoms in total. The Balaban J connectivity index is 1.43. The van der Waals surface area contributed by atoms with Crippen molar-refractivity contribution in [2.45, 2.75) is 67.9 Å². The lowest BCUT2D eigenvalue weighted by Crippen LogP contribution is -2.79. The quantitative estimate of drug-likeness (QED) is 0.488. The number of nitriles is 1. The molecule has 1 unspecified atom stereocenters. The molecule has 2 N–H and O–H groups in total. The number of hydrogen-bond acceptors (Lipinski definition) is 6. The third kappa shape index (κ3) is 3.19. The summed E-state index contributed by atoms with van der Waals surface area (Å²) in [5.41, 5.74) is 1.53. The fourth-order valence-electron chi connectivity index (χ4n) is 7.65. The smallest absolute Gasteiger partial charge is 0.298 e. The van der Waals surface area contributed by atoms with Gasteiger partial charge in [0, 0.05) is 36.7 Å². The number of hydrogen-bond donors (Lipinski definition) is 2. The molecule has 194 valence electrons. The Labute approximate surface area is 222 Å². The molecule has 2 bridgehead atoms. The number of carbonyl (C=O) groups excluding carboxylic acids is 1. The molecule has 38 heavy (non-hydrogen) atoms. The average Bonchev–Trinajstić information content (AvgIpc) is 3.25. The van der Waals surface area contributed by atoms with Crippen LogP contribution >= 0.6 is 0 Å². The maximum Gasteiger partial charge on any atom is 0.298 e. The number of rotatable bonds is 3. The molecular formula is C31H31N3O4. The van der Waals surface area contributed by atoms with Gasteiger partial charge >= 0.3 is 0 Å². The third-order valence-corrected chi connectivity index (χ3v) is 9.26. The van der Waals surface area contributed by atoms with Crippen molar-refractivity contribution in [3.05, 3.63) is 71.3 Å². The lowest BCUT2D eigenvalue weighted by molar-refractivity contribution is -0.205. The number of aromatic hydroxyl groups is 1. The number of nitrogens with zero attached hydrogens (tertiary/aromatic N) is 3. The number of aliphatic hydroxyl groups is 1. The minimum Gasteiger partial charge on any atom is -0.504 e. The maximum absolute atomic E-state index is 13.3. The largest absolute Gasteiger partial charge is 0.504 e. The highest BCUT2D eigenvalue weighted by Gasteiger charge is 2.74. The van der Waals surface area contributed by atoms with E-state index < -0.39 is 29.2 Å². The second-order valence-corrected chi connectivity index (χ2v) is 11.1. The number of carbonyl (C=O) groups is 1. The summed E-state index contributed by atoms with van der Waals surface area (Å²) in [5.74, 6) is 5.80. The molecule has 2 heterocycles. The van der Waals surface area contributed by atoms with Crippen LogP contribution in [0.15, 0.2) is 49.1 Å². The van der Waals surface area contributed by atoms with Gasteiger partial charge in [0.25, 0.3) is 5.91 Å².